The second-order valence-corrected chi connectivity index (χ2v) is 7.21. The van der Waals surface area contributed by atoms with Crippen LogP contribution in [0, 0.1) is 0 Å². The molecule has 0 saturated heterocycles. The normalized spacial score (nSPS) is 12.6. The summed E-state index contributed by atoms with van der Waals surface area (Å²) in [5.41, 5.74) is 2.03. The number of ether oxygens (including phenoxy) is 1. The standard InChI is InChI=1S/C20H35N3O2/c1-7-17(15-22-19(24)25-20(4,5)6)21-14-16-10-12-18(13-11-16)23(8-2)9-3/h10-13,17,21H,7-9,14-15H2,1-6H3,(H,22,24). The molecule has 0 aliphatic carbocycles. The second kappa shape index (κ2) is 10.3. The molecule has 0 aliphatic rings. The molecule has 0 radical (unpaired) electrons. The summed E-state index contributed by atoms with van der Waals surface area (Å²) in [7, 11) is 0. The molecular formula is C20H35N3O2. The Balaban J connectivity index is 2.45. The minimum atomic E-state index is -0.466. The lowest BCUT2D eigenvalue weighted by Crippen LogP contribution is -2.42. The minimum Gasteiger partial charge on any atom is -0.444 e. The third kappa shape index (κ3) is 8.25. The Labute approximate surface area is 153 Å². The van der Waals surface area contributed by atoms with Crippen LogP contribution in [-0.2, 0) is 11.3 Å². The van der Waals surface area contributed by atoms with Crippen molar-refractivity contribution in [3.8, 4) is 0 Å². The number of alkyl carbamates (subject to hydrolysis) is 1. The summed E-state index contributed by atoms with van der Waals surface area (Å²) in [6, 6.07) is 8.88. The van der Waals surface area contributed by atoms with E-state index in [0.717, 1.165) is 26.1 Å². The van der Waals surface area contributed by atoms with Crippen molar-refractivity contribution in [2.75, 3.05) is 24.5 Å². The summed E-state index contributed by atoms with van der Waals surface area (Å²) in [6.07, 6.45) is 0.573. The van der Waals surface area contributed by atoms with Gasteiger partial charge in [0.15, 0.2) is 0 Å². The predicted octanol–water partition coefficient (Wildman–Crippen LogP) is 3.93. The lowest BCUT2D eigenvalue weighted by molar-refractivity contribution is 0.0522. The Kier molecular flexibility index (Phi) is 8.76. The number of hydrogen-bond donors (Lipinski definition) is 2. The van der Waals surface area contributed by atoms with Crippen molar-refractivity contribution < 1.29 is 9.53 Å². The summed E-state index contributed by atoms with van der Waals surface area (Å²) >= 11 is 0. The maximum atomic E-state index is 11.7. The molecule has 1 rings (SSSR count). The predicted molar refractivity (Wildman–Crippen MR) is 105 cm³/mol. The molecule has 0 heterocycles. The van der Waals surface area contributed by atoms with Crippen LogP contribution in [0.3, 0.4) is 0 Å². The maximum absolute atomic E-state index is 11.7. The van der Waals surface area contributed by atoms with Crippen LogP contribution in [-0.4, -0.2) is 37.4 Å². The molecule has 142 valence electrons. The Morgan fingerprint density at radius 2 is 1.72 bits per heavy atom. The van der Waals surface area contributed by atoms with Crippen LogP contribution in [0.1, 0.15) is 53.5 Å². The molecule has 1 aromatic carbocycles. The highest BCUT2D eigenvalue weighted by atomic mass is 16.6. The van der Waals surface area contributed by atoms with E-state index in [0.29, 0.717) is 6.54 Å². The first kappa shape index (κ1) is 21.3. The lowest BCUT2D eigenvalue weighted by atomic mass is 10.1. The van der Waals surface area contributed by atoms with Gasteiger partial charge in [-0.15, -0.1) is 0 Å². The van der Waals surface area contributed by atoms with Crippen molar-refractivity contribution in [2.45, 2.75) is 66.2 Å². The SMILES string of the molecule is CCC(CNC(=O)OC(C)(C)C)NCc1ccc(N(CC)CC)cc1. The van der Waals surface area contributed by atoms with E-state index in [2.05, 4.69) is 60.6 Å². The van der Waals surface area contributed by atoms with Crippen molar-refractivity contribution in [1.29, 1.82) is 0 Å². The third-order valence-electron chi connectivity index (χ3n) is 4.04. The van der Waals surface area contributed by atoms with Crippen molar-refractivity contribution in [2.24, 2.45) is 0 Å². The van der Waals surface area contributed by atoms with E-state index in [1.165, 1.54) is 11.3 Å². The highest BCUT2D eigenvalue weighted by Crippen LogP contribution is 2.15. The van der Waals surface area contributed by atoms with Gasteiger partial charge in [0.25, 0.3) is 0 Å². The number of rotatable bonds is 9. The largest absolute Gasteiger partial charge is 0.444 e. The Morgan fingerprint density at radius 3 is 2.20 bits per heavy atom. The topological polar surface area (TPSA) is 53.6 Å². The Hall–Kier alpha value is -1.75. The van der Waals surface area contributed by atoms with Gasteiger partial charge in [-0.25, -0.2) is 4.79 Å². The number of amides is 1. The molecule has 5 nitrogen and oxygen atoms in total. The van der Waals surface area contributed by atoms with E-state index in [1.807, 2.05) is 20.8 Å². The average Bonchev–Trinajstić information content (AvgIpc) is 2.55. The van der Waals surface area contributed by atoms with Crippen LogP contribution >= 0.6 is 0 Å². The lowest BCUT2D eigenvalue weighted by Gasteiger charge is -2.23. The summed E-state index contributed by atoms with van der Waals surface area (Å²) in [4.78, 5) is 14.1. The molecule has 0 spiro atoms. The van der Waals surface area contributed by atoms with Crippen LogP contribution < -0.4 is 15.5 Å². The van der Waals surface area contributed by atoms with Gasteiger partial charge in [-0.1, -0.05) is 19.1 Å². The third-order valence-corrected chi connectivity index (χ3v) is 4.04. The zero-order valence-electron chi connectivity index (χ0n) is 16.7. The Morgan fingerprint density at radius 1 is 1.12 bits per heavy atom. The minimum absolute atomic E-state index is 0.218. The number of nitrogens with zero attached hydrogens (tertiary/aromatic N) is 1. The van der Waals surface area contributed by atoms with E-state index < -0.39 is 5.60 Å². The summed E-state index contributed by atoms with van der Waals surface area (Å²) in [5, 5.41) is 6.33. The number of carbonyl (C=O) groups excluding carboxylic acids is 1. The Bertz CT molecular complexity index is 505. The van der Waals surface area contributed by atoms with Crippen LogP contribution in [0.4, 0.5) is 10.5 Å². The fourth-order valence-electron chi connectivity index (χ4n) is 2.56. The number of hydrogen-bond acceptors (Lipinski definition) is 4. The molecule has 1 amide bonds. The molecule has 1 aromatic rings. The molecule has 0 aromatic heterocycles. The van der Waals surface area contributed by atoms with Crippen LogP contribution in [0.2, 0.25) is 0 Å². The maximum Gasteiger partial charge on any atom is 0.407 e. The first-order valence-corrected chi connectivity index (χ1v) is 9.33. The van der Waals surface area contributed by atoms with Gasteiger partial charge in [-0.3, -0.25) is 0 Å². The van der Waals surface area contributed by atoms with Gasteiger partial charge in [-0.05, 0) is 58.7 Å². The molecule has 1 atom stereocenters. The molecule has 25 heavy (non-hydrogen) atoms. The summed E-state index contributed by atoms with van der Waals surface area (Å²) in [5.74, 6) is 0. The van der Waals surface area contributed by atoms with E-state index >= 15 is 0 Å². The van der Waals surface area contributed by atoms with Crippen LogP contribution in [0.15, 0.2) is 24.3 Å². The van der Waals surface area contributed by atoms with E-state index in [4.69, 9.17) is 4.74 Å². The monoisotopic (exact) mass is 349 g/mol. The first-order chi connectivity index (χ1) is 11.8. The summed E-state index contributed by atoms with van der Waals surface area (Å²) < 4.78 is 5.27. The van der Waals surface area contributed by atoms with Gasteiger partial charge < -0.3 is 20.3 Å². The molecule has 1 unspecified atom stereocenters. The fraction of sp³-hybridized carbons (Fsp3) is 0.650. The number of carbonyl (C=O) groups is 1. The van der Waals surface area contributed by atoms with Crippen LogP contribution in [0.25, 0.3) is 0 Å². The molecule has 2 N–H and O–H groups in total. The fourth-order valence-corrected chi connectivity index (χ4v) is 2.56. The molecule has 0 saturated carbocycles. The van der Waals surface area contributed by atoms with E-state index in [1.54, 1.807) is 0 Å². The second-order valence-electron chi connectivity index (χ2n) is 7.21. The van der Waals surface area contributed by atoms with Crippen molar-refractivity contribution in [3.05, 3.63) is 29.8 Å². The van der Waals surface area contributed by atoms with Gasteiger partial charge in [0, 0.05) is 37.9 Å². The molecule has 0 aliphatic heterocycles. The van der Waals surface area contributed by atoms with Gasteiger partial charge >= 0.3 is 6.09 Å². The quantitative estimate of drug-likeness (QED) is 0.709. The smallest absolute Gasteiger partial charge is 0.407 e. The van der Waals surface area contributed by atoms with Gasteiger partial charge in [0.05, 0.1) is 0 Å². The summed E-state index contributed by atoms with van der Waals surface area (Å²) in [6.45, 7) is 15.4. The highest BCUT2D eigenvalue weighted by molar-refractivity contribution is 5.67. The van der Waals surface area contributed by atoms with Crippen molar-refractivity contribution in [1.82, 2.24) is 10.6 Å². The first-order valence-electron chi connectivity index (χ1n) is 9.33. The van der Waals surface area contributed by atoms with Crippen molar-refractivity contribution >= 4 is 11.8 Å². The molecule has 0 fully saturated rings. The van der Waals surface area contributed by atoms with Crippen LogP contribution in [0.5, 0.6) is 0 Å². The number of benzene rings is 1. The van der Waals surface area contributed by atoms with E-state index in [9.17, 15) is 4.79 Å². The molecule has 5 heteroatoms. The molecular weight excluding hydrogens is 314 g/mol. The van der Waals surface area contributed by atoms with Gasteiger partial charge in [0.1, 0.15) is 5.60 Å². The highest BCUT2D eigenvalue weighted by Gasteiger charge is 2.16. The zero-order valence-corrected chi connectivity index (χ0v) is 16.7. The number of anilines is 1. The van der Waals surface area contributed by atoms with Crippen molar-refractivity contribution in [3.63, 3.8) is 0 Å². The average molecular weight is 350 g/mol. The number of nitrogens with one attached hydrogen (secondary N) is 2. The van der Waals surface area contributed by atoms with Gasteiger partial charge in [-0.2, -0.15) is 0 Å². The zero-order chi connectivity index (χ0) is 18.9. The van der Waals surface area contributed by atoms with Gasteiger partial charge in [0.2, 0.25) is 0 Å². The molecule has 0 bridgehead atoms. The van der Waals surface area contributed by atoms with E-state index in [-0.39, 0.29) is 12.1 Å².